The monoisotopic (exact) mass is 239 g/mol. The van der Waals surface area contributed by atoms with E-state index in [-0.39, 0.29) is 5.69 Å². The van der Waals surface area contributed by atoms with Gasteiger partial charge in [-0.25, -0.2) is 9.78 Å². The summed E-state index contributed by atoms with van der Waals surface area (Å²) in [6.45, 7) is 2.99. The smallest absolute Gasteiger partial charge is 0.328 e. The third-order valence-corrected chi connectivity index (χ3v) is 2.05. The molecule has 7 nitrogen and oxygen atoms in total. The van der Waals surface area contributed by atoms with E-state index in [0.717, 1.165) is 0 Å². The number of rotatable bonds is 4. The number of nitrogens with zero attached hydrogens (tertiary/aromatic N) is 2. The number of carbonyl (C=O) groups is 2. The van der Waals surface area contributed by atoms with Gasteiger partial charge in [-0.2, -0.15) is 0 Å². The van der Waals surface area contributed by atoms with Crippen LogP contribution in [0.1, 0.15) is 23.1 Å². The summed E-state index contributed by atoms with van der Waals surface area (Å²) in [6, 6.07) is -1.37. The van der Waals surface area contributed by atoms with Gasteiger partial charge in [0.15, 0.2) is 6.04 Å². The molecule has 0 fully saturated rings. The fraction of sp³-hybridized carbons (Fsp3) is 0.400. The van der Waals surface area contributed by atoms with E-state index < -0.39 is 24.0 Å². The molecule has 1 rings (SSSR count). The summed E-state index contributed by atoms with van der Waals surface area (Å²) in [5, 5.41) is 20.1. The highest BCUT2D eigenvalue weighted by Crippen LogP contribution is 1.98. The van der Waals surface area contributed by atoms with Crippen molar-refractivity contribution in [3.8, 4) is 0 Å². The lowest BCUT2D eigenvalue weighted by Crippen LogP contribution is -2.47. The minimum atomic E-state index is -1.37. The maximum Gasteiger partial charge on any atom is 0.328 e. The van der Waals surface area contributed by atoms with E-state index in [1.54, 1.807) is 6.92 Å². The van der Waals surface area contributed by atoms with Gasteiger partial charge in [0.2, 0.25) is 0 Å². The van der Waals surface area contributed by atoms with Gasteiger partial charge in [0.1, 0.15) is 5.69 Å². The van der Waals surface area contributed by atoms with Crippen molar-refractivity contribution in [2.45, 2.75) is 26.0 Å². The quantitative estimate of drug-likeness (QED) is 0.643. The second-order valence-corrected chi connectivity index (χ2v) is 3.57. The molecular weight excluding hydrogens is 226 g/mol. The topological polar surface area (TPSA) is 112 Å². The van der Waals surface area contributed by atoms with Crippen molar-refractivity contribution in [3.63, 3.8) is 0 Å². The lowest BCUT2D eigenvalue weighted by Gasteiger charge is -2.16. The number of aliphatic hydroxyl groups excluding tert-OH is 1. The molecule has 2 atom stereocenters. The number of carbonyl (C=O) groups excluding carboxylic acids is 1. The molecule has 0 saturated heterocycles. The lowest BCUT2D eigenvalue weighted by molar-refractivity contribution is -0.141. The first-order chi connectivity index (χ1) is 7.91. The first kappa shape index (κ1) is 13.0. The zero-order valence-corrected chi connectivity index (χ0v) is 9.41. The Morgan fingerprint density at radius 2 is 2.00 bits per heavy atom. The number of hydrogen-bond donors (Lipinski definition) is 3. The molecule has 0 saturated carbocycles. The third kappa shape index (κ3) is 3.49. The highest BCUT2D eigenvalue weighted by atomic mass is 16.4. The minimum absolute atomic E-state index is 0.00231. The van der Waals surface area contributed by atoms with Crippen LogP contribution in [0.2, 0.25) is 0 Å². The van der Waals surface area contributed by atoms with E-state index >= 15 is 0 Å². The fourth-order valence-corrected chi connectivity index (χ4v) is 1.11. The summed E-state index contributed by atoms with van der Waals surface area (Å²) < 4.78 is 0. The van der Waals surface area contributed by atoms with Crippen molar-refractivity contribution in [1.82, 2.24) is 15.3 Å². The summed E-state index contributed by atoms with van der Waals surface area (Å²) in [5.74, 6) is -2.00. The number of aryl methyl sites for hydroxylation is 1. The van der Waals surface area contributed by atoms with Crippen molar-refractivity contribution in [2.24, 2.45) is 0 Å². The molecule has 17 heavy (non-hydrogen) atoms. The number of amides is 1. The third-order valence-electron chi connectivity index (χ3n) is 2.05. The Morgan fingerprint density at radius 3 is 2.41 bits per heavy atom. The van der Waals surface area contributed by atoms with Gasteiger partial charge in [-0.15, -0.1) is 0 Å². The second kappa shape index (κ2) is 5.35. The normalized spacial score (nSPS) is 13.8. The zero-order valence-electron chi connectivity index (χ0n) is 9.41. The Balaban J connectivity index is 2.77. The highest BCUT2D eigenvalue weighted by Gasteiger charge is 2.25. The largest absolute Gasteiger partial charge is 0.480 e. The Kier molecular flexibility index (Phi) is 4.11. The van der Waals surface area contributed by atoms with Crippen LogP contribution in [0.4, 0.5) is 0 Å². The maximum atomic E-state index is 11.6. The SMILES string of the molecule is Cc1cnc(C(=O)N[C@H](C(=O)O)[C@@H](C)O)cn1. The predicted molar refractivity (Wildman–Crippen MR) is 57.3 cm³/mol. The van der Waals surface area contributed by atoms with Crippen LogP contribution in [0.15, 0.2) is 12.4 Å². The maximum absolute atomic E-state index is 11.6. The number of aliphatic carboxylic acids is 1. The average Bonchev–Trinajstić information content (AvgIpc) is 2.25. The van der Waals surface area contributed by atoms with E-state index in [0.29, 0.717) is 5.69 Å². The molecule has 1 aromatic rings. The summed E-state index contributed by atoms with van der Waals surface area (Å²) in [4.78, 5) is 30.0. The van der Waals surface area contributed by atoms with Crippen LogP contribution < -0.4 is 5.32 Å². The molecule has 0 bridgehead atoms. The number of hydrogen-bond acceptors (Lipinski definition) is 5. The first-order valence-corrected chi connectivity index (χ1v) is 4.92. The van der Waals surface area contributed by atoms with Crippen molar-refractivity contribution in [1.29, 1.82) is 0 Å². The van der Waals surface area contributed by atoms with Crippen LogP contribution in [-0.2, 0) is 4.79 Å². The number of carboxylic acid groups (broad SMARTS) is 1. The van der Waals surface area contributed by atoms with Crippen LogP contribution in [0.25, 0.3) is 0 Å². The van der Waals surface area contributed by atoms with Crippen molar-refractivity contribution in [2.75, 3.05) is 0 Å². The van der Waals surface area contributed by atoms with E-state index in [2.05, 4.69) is 15.3 Å². The molecule has 1 heterocycles. The summed E-state index contributed by atoms with van der Waals surface area (Å²) in [6.07, 6.45) is 1.44. The molecule has 3 N–H and O–H groups in total. The number of aromatic nitrogens is 2. The number of aliphatic hydroxyl groups is 1. The molecular formula is C10H13N3O4. The van der Waals surface area contributed by atoms with Crippen molar-refractivity contribution in [3.05, 3.63) is 23.8 Å². The molecule has 0 radical (unpaired) electrons. The Labute approximate surface area is 97.5 Å². The van der Waals surface area contributed by atoms with Crippen LogP contribution in [0.5, 0.6) is 0 Å². The Hall–Kier alpha value is -2.02. The fourth-order valence-electron chi connectivity index (χ4n) is 1.11. The van der Waals surface area contributed by atoms with Gasteiger partial charge >= 0.3 is 5.97 Å². The molecule has 0 aliphatic rings. The standard InChI is InChI=1S/C10H13N3O4/c1-5-3-12-7(4-11-5)9(15)13-8(6(2)14)10(16)17/h3-4,6,8,14H,1-2H3,(H,13,15)(H,16,17)/t6-,8+/m1/s1. The zero-order chi connectivity index (χ0) is 13.0. The molecule has 92 valence electrons. The average molecular weight is 239 g/mol. The summed E-state index contributed by atoms with van der Waals surface area (Å²) >= 11 is 0. The van der Waals surface area contributed by atoms with Crippen molar-refractivity contribution < 1.29 is 19.8 Å². The molecule has 1 amide bonds. The van der Waals surface area contributed by atoms with E-state index in [1.807, 2.05) is 0 Å². The lowest BCUT2D eigenvalue weighted by atomic mass is 10.2. The van der Waals surface area contributed by atoms with Crippen LogP contribution in [0.3, 0.4) is 0 Å². The van der Waals surface area contributed by atoms with Gasteiger partial charge in [-0.3, -0.25) is 9.78 Å². The summed E-state index contributed by atoms with van der Waals surface area (Å²) in [5.41, 5.74) is 0.648. The van der Waals surface area contributed by atoms with Crippen LogP contribution >= 0.6 is 0 Å². The van der Waals surface area contributed by atoms with E-state index in [1.165, 1.54) is 19.3 Å². The van der Waals surface area contributed by atoms with Gasteiger partial charge in [-0.05, 0) is 13.8 Å². The first-order valence-electron chi connectivity index (χ1n) is 4.92. The predicted octanol–water partition coefficient (Wildman–Crippen LogP) is -0.651. The van der Waals surface area contributed by atoms with Crippen LogP contribution in [-0.4, -0.2) is 44.2 Å². The van der Waals surface area contributed by atoms with Gasteiger partial charge in [0.05, 0.1) is 18.0 Å². The second-order valence-electron chi connectivity index (χ2n) is 3.57. The Morgan fingerprint density at radius 1 is 1.35 bits per heavy atom. The molecule has 0 aliphatic heterocycles. The minimum Gasteiger partial charge on any atom is -0.480 e. The van der Waals surface area contributed by atoms with Crippen LogP contribution in [0, 0.1) is 6.92 Å². The molecule has 1 aromatic heterocycles. The number of carboxylic acids is 1. The highest BCUT2D eigenvalue weighted by molar-refractivity contribution is 5.94. The van der Waals surface area contributed by atoms with Gasteiger partial charge < -0.3 is 15.5 Å². The number of nitrogens with one attached hydrogen (secondary N) is 1. The van der Waals surface area contributed by atoms with Gasteiger partial charge in [0, 0.05) is 6.20 Å². The summed E-state index contributed by atoms with van der Waals surface area (Å²) in [7, 11) is 0. The van der Waals surface area contributed by atoms with E-state index in [9.17, 15) is 14.7 Å². The molecule has 7 heteroatoms. The molecule has 0 spiro atoms. The van der Waals surface area contributed by atoms with E-state index in [4.69, 9.17) is 5.11 Å². The van der Waals surface area contributed by atoms with Crippen molar-refractivity contribution >= 4 is 11.9 Å². The molecule has 0 aliphatic carbocycles. The van der Waals surface area contributed by atoms with Gasteiger partial charge in [-0.1, -0.05) is 0 Å². The Bertz CT molecular complexity index is 416. The van der Waals surface area contributed by atoms with Gasteiger partial charge in [0.25, 0.3) is 5.91 Å². The molecule has 0 unspecified atom stereocenters. The molecule has 0 aromatic carbocycles.